The summed E-state index contributed by atoms with van der Waals surface area (Å²) in [5.74, 6) is 1.63. The van der Waals surface area contributed by atoms with Crippen molar-refractivity contribution < 1.29 is 0 Å². The molecule has 1 unspecified atom stereocenters. The van der Waals surface area contributed by atoms with Gasteiger partial charge in [-0.3, -0.25) is 0 Å². The summed E-state index contributed by atoms with van der Waals surface area (Å²) in [6, 6.07) is 0. The van der Waals surface area contributed by atoms with Gasteiger partial charge < -0.3 is 0 Å². The molecule has 1 atom stereocenters. The van der Waals surface area contributed by atoms with E-state index < -0.39 is 0 Å². The van der Waals surface area contributed by atoms with Crippen LogP contribution in [0.1, 0.15) is 59.8 Å². The Balaban J connectivity index is 3.31. The zero-order valence-corrected chi connectivity index (χ0v) is 9.84. The summed E-state index contributed by atoms with van der Waals surface area (Å²) in [4.78, 5) is 0. The minimum absolute atomic E-state index is 0.714. The Labute approximate surface area is 84.4 Å². The first kappa shape index (κ1) is 12.7. The van der Waals surface area contributed by atoms with Crippen LogP contribution in [-0.4, -0.2) is 0 Å². The van der Waals surface area contributed by atoms with Gasteiger partial charge in [0.1, 0.15) is 0 Å². The van der Waals surface area contributed by atoms with Gasteiger partial charge in [0.2, 0.25) is 0 Å². The summed E-state index contributed by atoms with van der Waals surface area (Å²) >= 11 is 0. The van der Waals surface area contributed by atoms with Crippen molar-refractivity contribution in [2.24, 2.45) is 11.8 Å². The molecule has 0 aromatic carbocycles. The molecule has 0 radical (unpaired) electrons. The average Bonchev–Trinajstić information content (AvgIpc) is 2.08. The molecule has 13 heavy (non-hydrogen) atoms. The third-order valence-corrected chi connectivity index (χ3v) is 2.40. The quantitative estimate of drug-likeness (QED) is 0.496. The first-order chi connectivity index (χ1) is 6.16. The van der Waals surface area contributed by atoms with Crippen LogP contribution < -0.4 is 0 Å². The molecule has 0 heteroatoms. The second kappa shape index (κ2) is 8.34. The van der Waals surface area contributed by atoms with E-state index in [0.29, 0.717) is 5.92 Å². The van der Waals surface area contributed by atoms with E-state index in [4.69, 9.17) is 0 Å². The maximum atomic E-state index is 2.37. The van der Waals surface area contributed by atoms with Gasteiger partial charge in [0.25, 0.3) is 0 Å². The predicted octanol–water partition coefficient (Wildman–Crippen LogP) is 4.81. The zero-order valence-electron chi connectivity index (χ0n) is 9.84. The molecule has 0 aromatic rings. The minimum Gasteiger partial charge on any atom is -0.0883 e. The Morgan fingerprint density at radius 1 is 1.08 bits per heavy atom. The van der Waals surface area contributed by atoms with Gasteiger partial charge in [-0.25, -0.2) is 0 Å². The highest BCUT2D eigenvalue weighted by Crippen LogP contribution is 2.14. The van der Waals surface area contributed by atoms with E-state index in [1.54, 1.807) is 0 Å². The summed E-state index contributed by atoms with van der Waals surface area (Å²) in [6.45, 7) is 9.11. The second-order valence-corrected chi connectivity index (χ2v) is 4.50. The van der Waals surface area contributed by atoms with Crippen molar-refractivity contribution >= 4 is 0 Å². The monoisotopic (exact) mass is 182 g/mol. The first-order valence-electron chi connectivity index (χ1n) is 5.83. The lowest BCUT2D eigenvalue weighted by molar-refractivity contribution is 0.475. The van der Waals surface area contributed by atoms with E-state index >= 15 is 0 Å². The summed E-state index contributed by atoms with van der Waals surface area (Å²) in [5.41, 5.74) is 0. The third-order valence-electron chi connectivity index (χ3n) is 2.40. The molecule has 78 valence electrons. The molecule has 0 bridgehead atoms. The van der Waals surface area contributed by atoms with Crippen LogP contribution >= 0.6 is 0 Å². The van der Waals surface area contributed by atoms with Gasteiger partial charge in [0.15, 0.2) is 0 Å². The van der Waals surface area contributed by atoms with Gasteiger partial charge in [-0.2, -0.15) is 0 Å². The Hall–Kier alpha value is -0.260. The molecule has 0 aliphatic heterocycles. The van der Waals surface area contributed by atoms with Gasteiger partial charge >= 0.3 is 0 Å². The number of allylic oxidation sites excluding steroid dienone is 2. The third kappa shape index (κ3) is 9.66. The van der Waals surface area contributed by atoms with E-state index in [-0.39, 0.29) is 0 Å². The predicted molar refractivity (Wildman–Crippen MR) is 61.9 cm³/mol. The van der Waals surface area contributed by atoms with E-state index in [1.807, 2.05) is 0 Å². The fourth-order valence-corrected chi connectivity index (χ4v) is 1.45. The van der Waals surface area contributed by atoms with Crippen LogP contribution in [0, 0.1) is 11.8 Å². The normalized spacial score (nSPS) is 14.2. The molecule has 0 saturated heterocycles. The molecule has 0 fully saturated rings. The van der Waals surface area contributed by atoms with Crippen LogP contribution in [0.15, 0.2) is 12.2 Å². The molecule has 0 aromatic heterocycles. The Morgan fingerprint density at radius 2 is 1.77 bits per heavy atom. The standard InChI is InChI=1S/C13H26/c1-5-6-10-13(4)11-8-7-9-12(2)3/h7,9,12-13H,5-6,8,10-11H2,1-4H3. The van der Waals surface area contributed by atoms with Crippen LogP contribution in [0.3, 0.4) is 0 Å². The van der Waals surface area contributed by atoms with Gasteiger partial charge in [-0.15, -0.1) is 0 Å². The molecule has 0 N–H and O–H groups in total. The maximum absolute atomic E-state index is 2.37. The molecule has 0 aliphatic rings. The van der Waals surface area contributed by atoms with Crippen molar-refractivity contribution in [3.05, 3.63) is 12.2 Å². The molecule has 0 spiro atoms. The van der Waals surface area contributed by atoms with Gasteiger partial charge in [-0.1, -0.05) is 59.1 Å². The SMILES string of the molecule is CCCCC(C)CCC=CC(C)C. The van der Waals surface area contributed by atoms with Gasteiger partial charge in [-0.05, 0) is 24.7 Å². The van der Waals surface area contributed by atoms with E-state index in [1.165, 1.54) is 32.1 Å². The van der Waals surface area contributed by atoms with Crippen molar-refractivity contribution in [2.75, 3.05) is 0 Å². The number of rotatable bonds is 7. The lowest BCUT2D eigenvalue weighted by atomic mass is 9.98. The zero-order chi connectivity index (χ0) is 10.1. The second-order valence-electron chi connectivity index (χ2n) is 4.50. The Morgan fingerprint density at radius 3 is 2.31 bits per heavy atom. The summed E-state index contributed by atoms with van der Waals surface area (Å²) in [5, 5.41) is 0. The topological polar surface area (TPSA) is 0 Å². The highest BCUT2D eigenvalue weighted by atomic mass is 14.0. The van der Waals surface area contributed by atoms with Crippen LogP contribution in [0.25, 0.3) is 0 Å². The van der Waals surface area contributed by atoms with Crippen molar-refractivity contribution in [2.45, 2.75) is 59.8 Å². The Kier molecular flexibility index (Phi) is 8.18. The molecular formula is C13H26. The summed E-state index contributed by atoms with van der Waals surface area (Å²) in [6.07, 6.45) is 11.4. The largest absolute Gasteiger partial charge is 0.0883 e. The lowest BCUT2D eigenvalue weighted by Gasteiger charge is -2.08. The number of unbranched alkanes of at least 4 members (excludes halogenated alkanes) is 1. The van der Waals surface area contributed by atoms with Crippen LogP contribution in [-0.2, 0) is 0 Å². The summed E-state index contributed by atoms with van der Waals surface area (Å²) in [7, 11) is 0. The Bertz CT molecular complexity index is 122. The molecule has 0 amide bonds. The fourth-order valence-electron chi connectivity index (χ4n) is 1.45. The molecule has 0 aliphatic carbocycles. The number of hydrogen-bond donors (Lipinski definition) is 0. The van der Waals surface area contributed by atoms with Gasteiger partial charge in [0.05, 0.1) is 0 Å². The number of hydrogen-bond acceptors (Lipinski definition) is 0. The van der Waals surface area contributed by atoms with Crippen LogP contribution in [0.2, 0.25) is 0 Å². The van der Waals surface area contributed by atoms with Crippen molar-refractivity contribution in [1.82, 2.24) is 0 Å². The highest BCUT2D eigenvalue weighted by Gasteiger charge is 1.98. The summed E-state index contributed by atoms with van der Waals surface area (Å²) < 4.78 is 0. The van der Waals surface area contributed by atoms with Crippen LogP contribution in [0.4, 0.5) is 0 Å². The smallest absolute Gasteiger partial charge is 0.0290 e. The molecule has 0 rings (SSSR count). The van der Waals surface area contributed by atoms with E-state index in [9.17, 15) is 0 Å². The van der Waals surface area contributed by atoms with Crippen molar-refractivity contribution in [1.29, 1.82) is 0 Å². The maximum Gasteiger partial charge on any atom is -0.0290 e. The van der Waals surface area contributed by atoms with Crippen molar-refractivity contribution in [3.63, 3.8) is 0 Å². The fraction of sp³-hybridized carbons (Fsp3) is 0.846. The van der Waals surface area contributed by atoms with Crippen molar-refractivity contribution in [3.8, 4) is 0 Å². The molecule has 0 nitrogen and oxygen atoms in total. The van der Waals surface area contributed by atoms with E-state index in [0.717, 1.165) is 5.92 Å². The molecular weight excluding hydrogens is 156 g/mol. The lowest BCUT2D eigenvalue weighted by Crippen LogP contribution is -1.93. The molecule has 0 heterocycles. The van der Waals surface area contributed by atoms with Gasteiger partial charge in [0, 0.05) is 0 Å². The first-order valence-corrected chi connectivity index (χ1v) is 5.83. The minimum atomic E-state index is 0.714. The van der Waals surface area contributed by atoms with E-state index in [2.05, 4.69) is 39.8 Å². The van der Waals surface area contributed by atoms with Crippen LogP contribution in [0.5, 0.6) is 0 Å². The molecule has 0 saturated carbocycles. The average molecular weight is 182 g/mol. The highest BCUT2D eigenvalue weighted by molar-refractivity contribution is 4.84.